The van der Waals surface area contributed by atoms with E-state index in [1.54, 1.807) is 0 Å². The third-order valence-corrected chi connectivity index (χ3v) is 7.22. The van der Waals surface area contributed by atoms with Gasteiger partial charge >= 0.3 is 12.1 Å². The van der Waals surface area contributed by atoms with Crippen molar-refractivity contribution < 1.29 is 24.2 Å². The SMILES string of the molecule is O=C(NC(C(=O)NC1(C(=O)O)CCCC1)C1CC1)OCC1c2ccccc2-c2ccccc21. The van der Waals surface area contributed by atoms with Crippen LogP contribution in [0.2, 0.25) is 0 Å². The van der Waals surface area contributed by atoms with Gasteiger partial charge < -0.3 is 20.5 Å². The number of hydrogen-bond acceptors (Lipinski definition) is 4. The Bertz CT molecular complexity index is 1040. The number of carboxylic acid groups (broad SMARTS) is 1. The summed E-state index contributed by atoms with van der Waals surface area (Å²) in [6.07, 6.45) is 3.34. The highest BCUT2D eigenvalue weighted by molar-refractivity contribution is 5.92. The number of carbonyl (C=O) groups is 3. The van der Waals surface area contributed by atoms with E-state index in [1.165, 1.54) is 0 Å². The van der Waals surface area contributed by atoms with Crippen molar-refractivity contribution in [1.82, 2.24) is 10.6 Å². The van der Waals surface area contributed by atoms with Gasteiger partial charge in [-0.1, -0.05) is 61.4 Å². The number of fused-ring (bicyclic) bond motifs is 3. The summed E-state index contributed by atoms with van der Waals surface area (Å²) < 4.78 is 5.59. The molecule has 2 aromatic rings. The van der Waals surface area contributed by atoms with Gasteiger partial charge in [-0.2, -0.15) is 0 Å². The largest absolute Gasteiger partial charge is 0.480 e. The third-order valence-electron chi connectivity index (χ3n) is 7.22. The van der Waals surface area contributed by atoms with E-state index in [9.17, 15) is 19.5 Å². The van der Waals surface area contributed by atoms with Gasteiger partial charge in [-0.25, -0.2) is 9.59 Å². The Morgan fingerprint density at radius 3 is 2.09 bits per heavy atom. The number of hydrogen-bond donors (Lipinski definition) is 3. The Balaban J connectivity index is 1.25. The molecule has 0 heterocycles. The first-order chi connectivity index (χ1) is 16.0. The molecular weight excluding hydrogens is 420 g/mol. The molecule has 0 saturated heterocycles. The number of rotatable bonds is 7. The molecule has 2 amide bonds. The lowest BCUT2D eigenvalue weighted by molar-refractivity contribution is -0.147. The van der Waals surface area contributed by atoms with Gasteiger partial charge in [0.25, 0.3) is 0 Å². The molecule has 0 spiro atoms. The lowest BCUT2D eigenvalue weighted by atomic mass is 9.96. The van der Waals surface area contributed by atoms with Gasteiger partial charge in [0.2, 0.25) is 5.91 Å². The van der Waals surface area contributed by atoms with Gasteiger partial charge in [0, 0.05) is 5.92 Å². The van der Waals surface area contributed by atoms with E-state index in [0.29, 0.717) is 12.8 Å². The van der Waals surface area contributed by atoms with Crippen molar-refractivity contribution in [3.05, 3.63) is 59.7 Å². The lowest BCUT2D eigenvalue weighted by Crippen LogP contribution is -2.58. The fourth-order valence-electron chi connectivity index (χ4n) is 5.28. The maximum absolute atomic E-state index is 13.0. The van der Waals surface area contributed by atoms with E-state index in [-0.39, 0.29) is 18.4 Å². The normalized spacial score (nSPS) is 19.3. The summed E-state index contributed by atoms with van der Waals surface area (Å²) in [7, 11) is 0. The van der Waals surface area contributed by atoms with Crippen LogP contribution in [0.25, 0.3) is 11.1 Å². The van der Waals surface area contributed by atoms with E-state index in [0.717, 1.165) is 47.9 Å². The van der Waals surface area contributed by atoms with Crippen molar-refractivity contribution in [2.75, 3.05) is 6.61 Å². The average molecular weight is 449 g/mol. The zero-order valence-electron chi connectivity index (χ0n) is 18.4. The minimum Gasteiger partial charge on any atom is -0.480 e. The first kappa shape index (κ1) is 21.5. The molecule has 33 heavy (non-hydrogen) atoms. The van der Waals surface area contributed by atoms with Gasteiger partial charge in [-0.15, -0.1) is 0 Å². The second kappa shape index (κ2) is 8.54. The summed E-state index contributed by atoms with van der Waals surface area (Å²) in [5.74, 6) is -1.50. The molecule has 0 bridgehead atoms. The highest BCUT2D eigenvalue weighted by Gasteiger charge is 2.46. The second-order valence-corrected chi connectivity index (χ2v) is 9.37. The molecule has 2 saturated carbocycles. The fraction of sp³-hybridized carbons (Fsp3) is 0.423. The van der Waals surface area contributed by atoms with E-state index in [4.69, 9.17) is 4.74 Å². The van der Waals surface area contributed by atoms with Crippen LogP contribution in [-0.2, 0) is 14.3 Å². The Morgan fingerprint density at radius 2 is 1.55 bits per heavy atom. The molecule has 172 valence electrons. The Labute approximate surface area is 192 Å². The summed E-state index contributed by atoms with van der Waals surface area (Å²) in [4.78, 5) is 37.5. The summed E-state index contributed by atoms with van der Waals surface area (Å²) in [5.41, 5.74) is 3.30. The molecule has 7 nitrogen and oxygen atoms in total. The summed E-state index contributed by atoms with van der Waals surface area (Å²) in [6.45, 7) is 0.165. The molecule has 2 fully saturated rings. The van der Waals surface area contributed by atoms with E-state index >= 15 is 0 Å². The van der Waals surface area contributed by atoms with Crippen LogP contribution in [0.4, 0.5) is 4.79 Å². The van der Waals surface area contributed by atoms with Crippen molar-refractivity contribution in [3.8, 4) is 11.1 Å². The number of carboxylic acids is 1. The van der Waals surface area contributed by atoms with Crippen molar-refractivity contribution in [3.63, 3.8) is 0 Å². The zero-order valence-corrected chi connectivity index (χ0v) is 18.4. The second-order valence-electron chi connectivity index (χ2n) is 9.37. The molecule has 0 radical (unpaired) electrons. The maximum atomic E-state index is 13.0. The van der Waals surface area contributed by atoms with Gasteiger partial charge in [0.1, 0.15) is 18.2 Å². The van der Waals surface area contributed by atoms with Crippen LogP contribution in [0.3, 0.4) is 0 Å². The Kier molecular flexibility index (Phi) is 5.56. The van der Waals surface area contributed by atoms with Crippen LogP contribution in [0.1, 0.15) is 55.6 Å². The molecule has 0 aliphatic heterocycles. The molecule has 0 aromatic heterocycles. The van der Waals surface area contributed by atoms with Crippen molar-refractivity contribution in [2.24, 2.45) is 5.92 Å². The van der Waals surface area contributed by atoms with Crippen LogP contribution in [0.15, 0.2) is 48.5 Å². The lowest BCUT2D eigenvalue weighted by Gasteiger charge is -2.28. The van der Waals surface area contributed by atoms with Crippen LogP contribution >= 0.6 is 0 Å². The number of nitrogens with one attached hydrogen (secondary N) is 2. The topological polar surface area (TPSA) is 105 Å². The molecular formula is C26H28N2O5. The molecule has 1 unspecified atom stereocenters. The van der Waals surface area contributed by atoms with Gasteiger partial charge in [0.15, 0.2) is 0 Å². The van der Waals surface area contributed by atoms with Gasteiger partial charge in [-0.05, 0) is 53.9 Å². The highest BCUT2D eigenvalue weighted by Crippen LogP contribution is 2.44. The monoisotopic (exact) mass is 448 g/mol. The van der Waals surface area contributed by atoms with E-state index in [1.807, 2.05) is 24.3 Å². The van der Waals surface area contributed by atoms with Gasteiger partial charge in [0.05, 0.1) is 0 Å². The molecule has 5 rings (SSSR count). The molecule has 3 aliphatic rings. The predicted molar refractivity (Wildman–Crippen MR) is 122 cm³/mol. The Morgan fingerprint density at radius 1 is 0.970 bits per heavy atom. The first-order valence-electron chi connectivity index (χ1n) is 11.7. The minimum atomic E-state index is -1.23. The standard InChI is InChI=1S/C26H28N2O5/c29-23(28-26(24(30)31)13-5-6-14-26)22(16-11-12-16)27-25(32)33-15-21-19-9-3-1-7-17(19)18-8-2-4-10-20(18)21/h1-4,7-10,16,21-22H,5-6,11-15H2,(H,27,32)(H,28,29)(H,30,31). The Hall–Kier alpha value is -3.35. The number of amides is 2. The smallest absolute Gasteiger partial charge is 0.407 e. The number of carbonyl (C=O) groups excluding carboxylic acids is 2. The van der Waals surface area contributed by atoms with Crippen molar-refractivity contribution in [1.29, 1.82) is 0 Å². The summed E-state index contributed by atoms with van der Waals surface area (Å²) >= 11 is 0. The quantitative estimate of drug-likeness (QED) is 0.597. The molecule has 3 N–H and O–H groups in total. The first-order valence-corrected chi connectivity index (χ1v) is 11.7. The van der Waals surface area contributed by atoms with Crippen LogP contribution < -0.4 is 10.6 Å². The van der Waals surface area contributed by atoms with E-state index < -0.39 is 29.6 Å². The summed E-state index contributed by atoms with van der Waals surface area (Å²) in [6, 6.07) is 15.4. The van der Waals surface area contributed by atoms with Crippen LogP contribution in [0, 0.1) is 5.92 Å². The zero-order chi connectivity index (χ0) is 23.0. The molecule has 7 heteroatoms. The van der Waals surface area contributed by atoms with Crippen LogP contribution in [-0.4, -0.2) is 41.3 Å². The van der Waals surface area contributed by atoms with Crippen molar-refractivity contribution >= 4 is 18.0 Å². The third kappa shape index (κ3) is 4.08. The molecule has 1 atom stereocenters. The number of benzene rings is 2. The number of alkyl carbamates (subject to hydrolysis) is 1. The maximum Gasteiger partial charge on any atom is 0.407 e. The average Bonchev–Trinajstić information content (AvgIpc) is 3.45. The predicted octanol–water partition coefficient (Wildman–Crippen LogP) is 3.82. The van der Waals surface area contributed by atoms with Crippen molar-refractivity contribution in [2.45, 2.75) is 56.0 Å². The highest BCUT2D eigenvalue weighted by atomic mass is 16.5. The number of ether oxygens (including phenoxy) is 1. The van der Waals surface area contributed by atoms with Gasteiger partial charge in [-0.3, -0.25) is 4.79 Å². The minimum absolute atomic E-state index is 0.0118. The number of aliphatic carboxylic acids is 1. The fourth-order valence-corrected chi connectivity index (χ4v) is 5.28. The summed E-state index contributed by atoms with van der Waals surface area (Å²) in [5, 5.41) is 15.1. The van der Waals surface area contributed by atoms with Crippen LogP contribution in [0.5, 0.6) is 0 Å². The molecule has 3 aliphatic carbocycles. The van der Waals surface area contributed by atoms with E-state index in [2.05, 4.69) is 34.9 Å². The molecule has 2 aromatic carbocycles.